The van der Waals surface area contributed by atoms with Crippen LogP contribution in [0.3, 0.4) is 0 Å². The van der Waals surface area contributed by atoms with Crippen molar-refractivity contribution in [2.24, 2.45) is 5.10 Å². The van der Waals surface area contributed by atoms with Crippen molar-refractivity contribution in [1.29, 1.82) is 0 Å². The van der Waals surface area contributed by atoms with Crippen molar-refractivity contribution in [3.63, 3.8) is 0 Å². The molecule has 0 amide bonds. The van der Waals surface area contributed by atoms with Crippen LogP contribution in [0.1, 0.15) is 38.8 Å². The monoisotopic (exact) mass is 385 g/mol. The molecule has 0 heterocycles. The van der Waals surface area contributed by atoms with Crippen LogP contribution in [0.4, 0.5) is 5.69 Å². The summed E-state index contributed by atoms with van der Waals surface area (Å²) in [5.41, 5.74) is 6.98. The summed E-state index contributed by atoms with van der Waals surface area (Å²) in [5.74, 6) is 1.29. The number of thiocarbonyl (C=S) groups is 1. The molecule has 5 nitrogen and oxygen atoms in total. The summed E-state index contributed by atoms with van der Waals surface area (Å²) in [6.07, 6.45) is 0. The Kier molecular flexibility index (Phi) is 6.80. The second-order valence-corrected chi connectivity index (χ2v) is 7.57. The van der Waals surface area contributed by atoms with Crippen LogP contribution >= 0.6 is 12.2 Å². The highest BCUT2D eigenvalue weighted by molar-refractivity contribution is 7.80. The molecule has 2 aromatic carbocycles. The summed E-state index contributed by atoms with van der Waals surface area (Å²) >= 11 is 5.31. The number of benzene rings is 2. The van der Waals surface area contributed by atoms with Crippen LogP contribution in [0.5, 0.6) is 11.5 Å². The Morgan fingerprint density at radius 3 is 2.15 bits per heavy atom. The lowest BCUT2D eigenvalue weighted by Gasteiger charge is -2.19. The minimum Gasteiger partial charge on any atom is -0.493 e. The zero-order chi connectivity index (χ0) is 20.0. The lowest BCUT2D eigenvalue weighted by Crippen LogP contribution is -2.25. The van der Waals surface area contributed by atoms with Crippen molar-refractivity contribution in [2.75, 3.05) is 19.5 Å². The summed E-state index contributed by atoms with van der Waals surface area (Å²) in [7, 11) is 3.19. The molecule has 0 radical (unpaired) electrons. The lowest BCUT2D eigenvalue weighted by atomic mass is 9.86. The normalized spacial score (nSPS) is 11.7. The van der Waals surface area contributed by atoms with E-state index < -0.39 is 0 Å². The maximum Gasteiger partial charge on any atom is 0.191 e. The first-order valence-corrected chi connectivity index (χ1v) is 9.09. The number of hydrazone groups is 1. The van der Waals surface area contributed by atoms with E-state index in [2.05, 4.69) is 60.9 Å². The van der Waals surface area contributed by atoms with Gasteiger partial charge in [-0.3, -0.25) is 5.43 Å². The van der Waals surface area contributed by atoms with Gasteiger partial charge in [-0.05, 0) is 47.8 Å². The van der Waals surface area contributed by atoms with Crippen LogP contribution in [-0.4, -0.2) is 25.0 Å². The van der Waals surface area contributed by atoms with Gasteiger partial charge in [0.05, 0.1) is 19.9 Å². The summed E-state index contributed by atoms with van der Waals surface area (Å²) in [6.45, 7) is 8.53. The number of hydrogen-bond donors (Lipinski definition) is 2. The number of nitrogens with zero attached hydrogens (tertiary/aromatic N) is 1. The maximum absolute atomic E-state index is 5.31. The Balaban J connectivity index is 2.01. The fraction of sp³-hybridized carbons (Fsp3) is 0.333. The maximum atomic E-state index is 5.31. The first-order chi connectivity index (χ1) is 12.7. The average Bonchev–Trinajstić information content (AvgIpc) is 2.65. The molecular weight excluding hydrogens is 358 g/mol. The quantitative estimate of drug-likeness (QED) is 0.443. The number of hydrogen-bond acceptors (Lipinski definition) is 4. The molecule has 0 saturated heterocycles. The van der Waals surface area contributed by atoms with Crippen LogP contribution < -0.4 is 20.2 Å². The molecule has 6 heteroatoms. The van der Waals surface area contributed by atoms with Gasteiger partial charge >= 0.3 is 0 Å². The van der Waals surface area contributed by atoms with Crippen molar-refractivity contribution in [3.8, 4) is 11.5 Å². The molecule has 144 valence electrons. The molecule has 2 aromatic rings. The van der Waals surface area contributed by atoms with Gasteiger partial charge < -0.3 is 14.8 Å². The topological polar surface area (TPSA) is 54.9 Å². The fourth-order valence-electron chi connectivity index (χ4n) is 2.48. The van der Waals surface area contributed by atoms with E-state index in [-0.39, 0.29) is 5.41 Å². The SMILES string of the molecule is COc1ccc(NC(=S)NN=C(C)c2ccc(C(C)(C)C)cc2)cc1OC. The predicted molar refractivity (Wildman–Crippen MR) is 116 cm³/mol. The lowest BCUT2D eigenvalue weighted by molar-refractivity contribution is 0.355. The molecule has 0 bridgehead atoms. The van der Waals surface area contributed by atoms with Crippen molar-refractivity contribution >= 4 is 28.7 Å². The zero-order valence-electron chi connectivity index (χ0n) is 16.7. The van der Waals surface area contributed by atoms with Crippen LogP contribution in [-0.2, 0) is 5.41 Å². The van der Waals surface area contributed by atoms with Gasteiger partial charge in [-0.1, -0.05) is 45.0 Å². The Hall–Kier alpha value is -2.60. The average molecular weight is 386 g/mol. The number of methoxy groups -OCH3 is 2. The van der Waals surface area contributed by atoms with Crippen molar-refractivity contribution in [2.45, 2.75) is 33.1 Å². The molecule has 0 atom stereocenters. The van der Waals surface area contributed by atoms with E-state index >= 15 is 0 Å². The zero-order valence-corrected chi connectivity index (χ0v) is 17.5. The summed E-state index contributed by atoms with van der Waals surface area (Å²) in [4.78, 5) is 0. The van der Waals surface area contributed by atoms with Crippen LogP contribution in [0.15, 0.2) is 47.6 Å². The highest BCUT2D eigenvalue weighted by atomic mass is 32.1. The third-order valence-corrected chi connectivity index (χ3v) is 4.33. The van der Waals surface area contributed by atoms with Crippen molar-refractivity contribution < 1.29 is 9.47 Å². The number of rotatable bonds is 5. The van der Waals surface area contributed by atoms with E-state index in [1.807, 2.05) is 25.1 Å². The third-order valence-electron chi connectivity index (χ3n) is 4.14. The summed E-state index contributed by atoms with van der Waals surface area (Å²) < 4.78 is 10.5. The van der Waals surface area contributed by atoms with Crippen molar-refractivity contribution in [1.82, 2.24) is 5.43 Å². The van der Waals surface area contributed by atoms with Gasteiger partial charge in [0, 0.05) is 11.8 Å². The van der Waals surface area contributed by atoms with Gasteiger partial charge in [-0.25, -0.2) is 0 Å². The fourth-order valence-corrected chi connectivity index (χ4v) is 2.65. The van der Waals surface area contributed by atoms with E-state index in [1.165, 1.54) is 5.56 Å². The molecule has 0 saturated carbocycles. The first kappa shape index (κ1) is 20.7. The van der Waals surface area contributed by atoms with E-state index in [0.29, 0.717) is 16.6 Å². The molecule has 27 heavy (non-hydrogen) atoms. The largest absolute Gasteiger partial charge is 0.493 e. The van der Waals surface area contributed by atoms with Gasteiger partial charge in [-0.2, -0.15) is 5.10 Å². The second kappa shape index (κ2) is 8.86. The highest BCUT2D eigenvalue weighted by Crippen LogP contribution is 2.29. The Morgan fingerprint density at radius 2 is 1.59 bits per heavy atom. The van der Waals surface area contributed by atoms with Gasteiger partial charge in [0.2, 0.25) is 0 Å². The molecule has 0 aliphatic carbocycles. The molecule has 0 aliphatic heterocycles. The molecule has 0 spiro atoms. The smallest absolute Gasteiger partial charge is 0.191 e. The van der Waals surface area contributed by atoms with Crippen LogP contribution in [0.2, 0.25) is 0 Å². The van der Waals surface area contributed by atoms with E-state index in [1.54, 1.807) is 14.2 Å². The summed E-state index contributed by atoms with van der Waals surface area (Å²) in [5, 5.41) is 7.84. The van der Waals surface area contributed by atoms with Gasteiger partial charge in [0.1, 0.15) is 0 Å². The van der Waals surface area contributed by atoms with Crippen molar-refractivity contribution in [3.05, 3.63) is 53.6 Å². The molecule has 2 rings (SSSR count). The standard InChI is InChI=1S/C21H27N3O2S/c1-14(15-7-9-16(10-8-15)21(2,3)4)23-24-20(27)22-17-11-12-18(25-5)19(13-17)26-6/h7-13H,1-6H3,(H2,22,24,27). The third kappa shape index (κ3) is 5.69. The number of nitrogens with one attached hydrogen (secondary N) is 2. The molecule has 0 aliphatic rings. The number of ether oxygens (including phenoxy) is 2. The molecule has 0 aromatic heterocycles. The van der Waals surface area contributed by atoms with Crippen LogP contribution in [0, 0.1) is 0 Å². The molecule has 0 unspecified atom stereocenters. The van der Waals surface area contributed by atoms with Crippen LogP contribution in [0.25, 0.3) is 0 Å². The molecule has 2 N–H and O–H groups in total. The minimum atomic E-state index is 0.132. The number of anilines is 1. The van der Waals surface area contributed by atoms with Gasteiger partial charge in [0.25, 0.3) is 0 Å². The highest BCUT2D eigenvalue weighted by Gasteiger charge is 2.13. The van der Waals surface area contributed by atoms with Gasteiger partial charge in [-0.15, -0.1) is 0 Å². The summed E-state index contributed by atoms with van der Waals surface area (Å²) in [6, 6.07) is 13.9. The minimum absolute atomic E-state index is 0.132. The van der Waals surface area contributed by atoms with E-state index in [9.17, 15) is 0 Å². The molecular formula is C21H27N3O2S. The van der Waals surface area contributed by atoms with Gasteiger partial charge in [0.15, 0.2) is 16.6 Å². The predicted octanol–water partition coefficient (Wildman–Crippen LogP) is 4.71. The second-order valence-electron chi connectivity index (χ2n) is 7.16. The van der Waals surface area contributed by atoms with E-state index in [0.717, 1.165) is 17.0 Å². The first-order valence-electron chi connectivity index (χ1n) is 8.69. The van der Waals surface area contributed by atoms with E-state index in [4.69, 9.17) is 21.7 Å². The molecule has 0 fully saturated rings. The Bertz CT molecular complexity index is 824. The Labute approximate surface area is 166 Å². The Morgan fingerprint density at radius 1 is 0.963 bits per heavy atom.